The standard InChI is InChI=1S/C19H16N2O7S/c22-17-14-4-3-12(19(24)28-9-11-6-16(21(25)26)29-10-11)7-15(14)18(23)20(17)8-13-2-1-5-27-13/h3-4,6-7,10,13H,1-2,5,8-9H2. The van der Waals surface area contributed by atoms with Crippen molar-refractivity contribution in [3.05, 3.63) is 62.0 Å². The molecule has 0 aliphatic carbocycles. The maximum atomic E-state index is 12.7. The molecule has 2 aliphatic rings. The van der Waals surface area contributed by atoms with E-state index < -0.39 is 22.7 Å². The molecule has 1 aromatic carbocycles. The Morgan fingerprint density at radius 2 is 2.07 bits per heavy atom. The number of amides is 2. The second-order valence-corrected chi connectivity index (χ2v) is 7.63. The largest absolute Gasteiger partial charge is 0.457 e. The number of imide groups is 1. The van der Waals surface area contributed by atoms with Crippen molar-refractivity contribution in [2.75, 3.05) is 13.2 Å². The highest BCUT2D eigenvalue weighted by Crippen LogP contribution is 2.27. The van der Waals surface area contributed by atoms with Crippen LogP contribution in [0.25, 0.3) is 0 Å². The van der Waals surface area contributed by atoms with Gasteiger partial charge in [0.1, 0.15) is 6.61 Å². The van der Waals surface area contributed by atoms with Crippen molar-refractivity contribution in [2.45, 2.75) is 25.6 Å². The average molecular weight is 416 g/mol. The fourth-order valence-electron chi connectivity index (χ4n) is 3.34. The third kappa shape index (κ3) is 3.76. The van der Waals surface area contributed by atoms with Gasteiger partial charge in [0.25, 0.3) is 11.8 Å². The fourth-order valence-corrected chi connectivity index (χ4v) is 4.06. The predicted octanol–water partition coefficient (Wildman–Crippen LogP) is 2.79. The van der Waals surface area contributed by atoms with Crippen molar-refractivity contribution >= 4 is 34.1 Å². The topological polar surface area (TPSA) is 116 Å². The molecule has 2 aliphatic heterocycles. The summed E-state index contributed by atoms with van der Waals surface area (Å²) in [5, 5.41) is 12.2. The van der Waals surface area contributed by atoms with Gasteiger partial charge >= 0.3 is 11.0 Å². The molecule has 0 radical (unpaired) electrons. The summed E-state index contributed by atoms with van der Waals surface area (Å²) >= 11 is 0.947. The number of thiophene rings is 1. The summed E-state index contributed by atoms with van der Waals surface area (Å²) in [6, 6.07) is 5.56. The summed E-state index contributed by atoms with van der Waals surface area (Å²) in [6.45, 7) is 0.693. The van der Waals surface area contributed by atoms with Gasteiger partial charge in [-0.05, 0) is 31.0 Å². The molecule has 2 aromatic rings. The van der Waals surface area contributed by atoms with Crippen molar-refractivity contribution in [1.82, 2.24) is 4.90 Å². The molecule has 1 aromatic heterocycles. The van der Waals surface area contributed by atoms with E-state index >= 15 is 0 Å². The summed E-state index contributed by atoms with van der Waals surface area (Å²) in [7, 11) is 0. The zero-order valence-electron chi connectivity index (χ0n) is 15.2. The Bertz CT molecular complexity index is 1010. The molecule has 0 bridgehead atoms. The predicted molar refractivity (Wildman–Crippen MR) is 101 cm³/mol. The van der Waals surface area contributed by atoms with Gasteiger partial charge in [-0.25, -0.2) is 4.79 Å². The molecule has 1 atom stereocenters. The highest BCUT2D eigenvalue weighted by molar-refractivity contribution is 7.13. The number of nitrogens with zero attached hydrogens (tertiary/aromatic N) is 2. The molecule has 10 heteroatoms. The van der Waals surface area contributed by atoms with Crippen LogP contribution in [0.5, 0.6) is 0 Å². The van der Waals surface area contributed by atoms with Gasteiger partial charge in [0.05, 0.1) is 34.3 Å². The van der Waals surface area contributed by atoms with Gasteiger partial charge in [0.2, 0.25) is 0 Å². The van der Waals surface area contributed by atoms with E-state index in [9.17, 15) is 24.5 Å². The number of hydrogen-bond donors (Lipinski definition) is 0. The summed E-state index contributed by atoms with van der Waals surface area (Å²) < 4.78 is 10.7. The molecule has 9 nitrogen and oxygen atoms in total. The molecule has 3 heterocycles. The first kappa shape index (κ1) is 19.2. The third-order valence-corrected chi connectivity index (χ3v) is 5.74. The van der Waals surface area contributed by atoms with Crippen molar-refractivity contribution in [1.29, 1.82) is 0 Å². The number of carbonyl (C=O) groups excluding carboxylic acids is 3. The Labute approximate surface area is 169 Å². The number of carbonyl (C=O) groups is 3. The maximum absolute atomic E-state index is 12.7. The molecule has 0 spiro atoms. The number of rotatable bonds is 6. The van der Waals surface area contributed by atoms with Gasteiger partial charge in [-0.2, -0.15) is 0 Å². The molecule has 0 saturated carbocycles. The lowest BCUT2D eigenvalue weighted by Crippen LogP contribution is -2.36. The lowest BCUT2D eigenvalue weighted by Gasteiger charge is -2.17. The summed E-state index contributed by atoms with van der Waals surface area (Å²) in [4.78, 5) is 48.9. The minimum atomic E-state index is -0.681. The number of hydrogen-bond acceptors (Lipinski definition) is 8. The Hall–Kier alpha value is -3.11. The van der Waals surface area contributed by atoms with Crippen molar-refractivity contribution in [2.24, 2.45) is 0 Å². The monoisotopic (exact) mass is 416 g/mol. The molecule has 2 amide bonds. The van der Waals surface area contributed by atoms with Crippen LogP contribution in [-0.2, 0) is 16.1 Å². The van der Waals surface area contributed by atoms with E-state index in [4.69, 9.17) is 9.47 Å². The van der Waals surface area contributed by atoms with Crippen LogP contribution in [0.15, 0.2) is 29.6 Å². The first-order chi connectivity index (χ1) is 13.9. The van der Waals surface area contributed by atoms with Gasteiger partial charge in [-0.1, -0.05) is 11.3 Å². The van der Waals surface area contributed by atoms with Crippen LogP contribution in [-0.4, -0.2) is 46.9 Å². The number of ether oxygens (including phenoxy) is 2. The maximum Gasteiger partial charge on any atom is 0.338 e. The normalized spacial score (nSPS) is 18.2. The lowest BCUT2D eigenvalue weighted by molar-refractivity contribution is -0.380. The van der Waals surface area contributed by atoms with E-state index in [1.807, 2.05) is 0 Å². The molecular formula is C19H16N2O7S. The first-order valence-electron chi connectivity index (χ1n) is 8.95. The lowest BCUT2D eigenvalue weighted by atomic mass is 10.1. The van der Waals surface area contributed by atoms with E-state index in [0.29, 0.717) is 12.2 Å². The average Bonchev–Trinajstić information content (AvgIpc) is 3.44. The van der Waals surface area contributed by atoms with E-state index in [-0.39, 0.29) is 40.9 Å². The Morgan fingerprint density at radius 3 is 2.76 bits per heavy atom. The van der Waals surface area contributed by atoms with Crippen molar-refractivity contribution in [3.8, 4) is 0 Å². The van der Waals surface area contributed by atoms with Crippen LogP contribution >= 0.6 is 11.3 Å². The molecule has 150 valence electrons. The van der Waals surface area contributed by atoms with E-state index in [0.717, 1.165) is 29.1 Å². The minimum absolute atomic E-state index is 0.0379. The quantitative estimate of drug-likeness (QED) is 0.308. The van der Waals surface area contributed by atoms with Gasteiger partial charge in [0.15, 0.2) is 0 Å². The number of esters is 1. The van der Waals surface area contributed by atoms with E-state index in [1.165, 1.54) is 24.3 Å². The number of nitro groups is 1. The van der Waals surface area contributed by atoms with Crippen LogP contribution in [0.3, 0.4) is 0 Å². The summed E-state index contributed by atoms with van der Waals surface area (Å²) in [5.41, 5.74) is 1.05. The fraction of sp³-hybridized carbons (Fsp3) is 0.316. The highest BCUT2D eigenvalue weighted by Gasteiger charge is 2.38. The summed E-state index contributed by atoms with van der Waals surface area (Å²) in [6.07, 6.45) is 1.54. The summed E-state index contributed by atoms with van der Waals surface area (Å²) in [5.74, 6) is -1.53. The second kappa shape index (κ2) is 7.72. The van der Waals surface area contributed by atoms with Crippen LogP contribution in [0.1, 0.15) is 49.5 Å². The third-order valence-electron chi connectivity index (χ3n) is 4.81. The number of fused-ring (bicyclic) bond motifs is 1. The van der Waals surface area contributed by atoms with Crippen LogP contribution < -0.4 is 0 Å². The van der Waals surface area contributed by atoms with Crippen LogP contribution in [0.2, 0.25) is 0 Å². The molecule has 29 heavy (non-hydrogen) atoms. The smallest absolute Gasteiger partial charge is 0.338 e. The van der Waals surface area contributed by atoms with Gasteiger partial charge < -0.3 is 9.47 Å². The molecule has 0 N–H and O–H groups in total. The minimum Gasteiger partial charge on any atom is -0.457 e. The van der Waals surface area contributed by atoms with Crippen molar-refractivity contribution < 1.29 is 28.8 Å². The van der Waals surface area contributed by atoms with E-state index in [2.05, 4.69) is 0 Å². The van der Waals surface area contributed by atoms with Crippen LogP contribution in [0, 0.1) is 10.1 Å². The molecule has 4 rings (SSSR count). The van der Waals surface area contributed by atoms with Gasteiger partial charge in [-0.15, -0.1) is 0 Å². The zero-order valence-corrected chi connectivity index (χ0v) is 16.0. The molecule has 1 saturated heterocycles. The number of benzene rings is 1. The van der Waals surface area contributed by atoms with Crippen LogP contribution in [0.4, 0.5) is 5.00 Å². The van der Waals surface area contributed by atoms with Gasteiger partial charge in [-0.3, -0.25) is 24.6 Å². The van der Waals surface area contributed by atoms with E-state index in [1.54, 1.807) is 5.38 Å². The molecule has 1 unspecified atom stereocenters. The first-order valence-corrected chi connectivity index (χ1v) is 9.83. The SMILES string of the molecule is O=C(OCc1csc([N+](=O)[O-])c1)c1ccc2c(c1)C(=O)N(CC1CCCO1)C2=O. The molecule has 1 fully saturated rings. The zero-order chi connectivity index (χ0) is 20.5. The highest BCUT2D eigenvalue weighted by atomic mass is 32.1. The molecular weight excluding hydrogens is 400 g/mol. The van der Waals surface area contributed by atoms with Gasteiger partial charge in [0, 0.05) is 23.6 Å². The Balaban J connectivity index is 1.44. The Kier molecular flexibility index (Phi) is 5.12. The van der Waals surface area contributed by atoms with Crippen molar-refractivity contribution in [3.63, 3.8) is 0 Å². The second-order valence-electron chi connectivity index (χ2n) is 6.74. The Morgan fingerprint density at radius 1 is 1.28 bits per heavy atom.